The predicted octanol–water partition coefficient (Wildman–Crippen LogP) is 1.93. The van der Waals surface area contributed by atoms with Crippen molar-refractivity contribution in [2.45, 2.75) is 17.4 Å². The summed E-state index contributed by atoms with van der Waals surface area (Å²) < 4.78 is 0. The summed E-state index contributed by atoms with van der Waals surface area (Å²) in [5.74, 6) is 1.03. The number of anilines is 2. The van der Waals surface area contributed by atoms with Crippen LogP contribution < -0.4 is 10.6 Å². The van der Waals surface area contributed by atoms with Crippen molar-refractivity contribution in [3.8, 4) is 0 Å². The number of rotatable bonds is 1. The van der Waals surface area contributed by atoms with Crippen molar-refractivity contribution in [1.82, 2.24) is 4.90 Å². The molecule has 1 fully saturated rings. The van der Waals surface area contributed by atoms with Crippen LogP contribution in [0.3, 0.4) is 0 Å². The van der Waals surface area contributed by atoms with Gasteiger partial charge in [-0.3, -0.25) is 0 Å². The first kappa shape index (κ1) is 12.5. The lowest BCUT2D eigenvalue weighted by molar-refractivity contribution is 0.155. The van der Waals surface area contributed by atoms with E-state index in [1.807, 2.05) is 23.9 Å². The minimum atomic E-state index is -0.814. The van der Waals surface area contributed by atoms with Crippen LogP contribution in [0.2, 0.25) is 0 Å². The monoisotopic (exact) mass is 279 g/mol. The molecule has 1 saturated heterocycles. The summed E-state index contributed by atoms with van der Waals surface area (Å²) in [5.41, 5.74) is 7.81. The van der Waals surface area contributed by atoms with Gasteiger partial charge in [0.2, 0.25) is 0 Å². The van der Waals surface area contributed by atoms with Crippen LogP contribution in [0.1, 0.15) is 6.42 Å². The number of nitrogens with zero attached hydrogens (tertiary/aromatic N) is 2. The minimum absolute atomic E-state index is 0.291. The summed E-state index contributed by atoms with van der Waals surface area (Å²) >= 11 is 1.82. The fraction of sp³-hybridized carbons (Fsp3) is 0.462. The zero-order valence-corrected chi connectivity index (χ0v) is 11.4. The molecule has 2 aliphatic heterocycles. The van der Waals surface area contributed by atoms with Gasteiger partial charge in [-0.05, 0) is 24.6 Å². The highest BCUT2D eigenvalue weighted by Crippen LogP contribution is 2.38. The third-order valence-electron chi connectivity index (χ3n) is 3.76. The van der Waals surface area contributed by atoms with Crippen molar-refractivity contribution < 1.29 is 9.90 Å². The Kier molecular flexibility index (Phi) is 3.18. The smallest absolute Gasteiger partial charge is 0.407 e. The SMILES string of the molecule is Nc1ccc2c(c1)SCCN2C1CCN(C(=O)O)C1. The number of amides is 1. The lowest BCUT2D eigenvalue weighted by Crippen LogP contribution is -2.41. The number of hydrogen-bond donors (Lipinski definition) is 2. The molecule has 1 aromatic rings. The lowest BCUT2D eigenvalue weighted by atomic mass is 10.1. The van der Waals surface area contributed by atoms with Gasteiger partial charge in [0.05, 0.1) is 5.69 Å². The normalized spacial score (nSPS) is 22.4. The Hall–Kier alpha value is -1.56. The van der Waals surface area contributed by atoms with Gasteiger partial charge in [-0.15, -0.1) is 11.8 Å². The van der Waals surface area contributed by atoms with Crippen molar-refractivity contribution in [3.63, 3.8) is 0 Å². The predicted molar refractivity (Wildman–Crippen MR) is 76.9 cm³/mol. The number of likely N-dealkylation sites (tertiary alicyclic amines) is 1. The number of hydrogen-bond acceptors (Lipinski definition) is 4. The van der Waals surface area contributed by atoms with Crippen LogP contribution >= 0.6 is 11.8 Å². The molecule has 3 rings (SSSR count). The second-order valence-corrected chi connectivity index (χ2v) is 6.08. The number of benzene rings is 1. The average Bonchev–Trinajstić information content (AvgIpc) is 2.87. The van der Waals surface area contributed by atoms with E-state index in [2.05, 4.69) is 11.0 Å². The first-order chi connectivity index (χ1) is 9.15. The summed E-state index contributed by atoms with van der Waals surface area (Å²) in [6.07, 6.45) is 0.0900. The Morgan fingerprint density at radius 3 is 3.00 bits per heavy atom. The summed E-state index contributed by atoms with van der Waals surface area (Å²) in [5, 5.41) is 9.05. The molecule has 102 valence electrons. The van der Waals surface area contributed by atoms with E-state index >= 15 is 0 Å². The van der Waals surface area contributed by atoms with Crippen LogP contribution in [0.4, 0.5) is 16.2 Å². The van der Waals surface area contributed by atoms with E-state index < -0.39 is 6.09 Å². The van der Waals surface area contributed by atoms with Gasteiger partial charge in [0, 0.05) is 42.0 Å². The number of fused-ring (bicyclic) bond motifs is 1. The Bertz CT molecular complexity index is 509. The zero-order chi connectivity index (χ0) is 13.4. The van der Waals surface area contributed by atoms with Gasteiger partial charge < -0.3 is 20.6 Å². The molecule has 1 amide bonds. The summed E-state index contributed by atoms with van der Waals surface area (Å²) in [4.78, 5) is 16.1. The van der Waals surface area contributed by atoms with E-state index in [4.69, 9.17) is 10.8 Å². The third-order valence-corrected chi connectivity index (χ3v) is 4.78. The molecule has 2 heterocycles. The van der Waals surface area contributed by atoms with Crippen LogP contribution in [-0.4, -0.2) is 47.5 Å². The number of nitrogens with two attached hydrogens (primary N) is 1. The third kappa shape index (κ3) is 2.32. The molecular weight excluding hydrogens is 262 g/mol. The number of thioether (sulfide) groups is 1. The molecule has 1 atom stereocenters. The fourth-order valence-electron chi connectivity index (χ4n) is 2.81. The molecule has 0 spiro atoms. The summed E-state index contributed by atoms with van der Waals surface area (Å²) in [6, 6.07) is 6.28. The molecular formula is C13H17N3O2S. The van der Waals surface area contributed by atoms with Crippen LogP contribution in [0, 0.1) is 0 Å². The Morgan fingerprint density at radius 1 is 1.42 bits per heavy atom. The van der Waals surface area contributed by atoms with Gasteiger partial charge in [0.1, 0.15) is 0 Å². The van der Waals surface area contributed by atoms with Crippen LogP contribution in [-0.2, 0) is 0 Å². The molecule has 0 aliphatic carbocycles. The molecule has 0 bridgehead atoms. The second kappa shape index (κ2) is 4.85. The molecule has 5 nitrogen and oxygen atoms in total. The average molecular weight is 279 g/mol. The second-order valence-electron chi connectivity index (χ2n) is 4.94. The first-order valence-corrected chi connectivity index (χ1v) is 7.40. The van der Waals surface area contributed by atoms with Crippen molar-refractivity contribution in [3.05, 3.63) is 18.2 Å². The van der Waals surface area contributed by atoms with Gasteiger partial charge in [-0.25, -0.2) is 4.79 Å². The minimum Gasteiger partial charge on any atom is -0.465 e. The Labute approximate surface area is 116 Å². The van der Waals surface area contributed by atoms with E-state index in [9.17, 15) is 4.79 Å². The van der Waals surface area contributed by atoms with E-state index in [1.165, 1.54) is 15.5 Å². The molecule has 0 aromatic heterocycles. The maximum atomic E-state index is 11.0. The quantitative estimate of drug-likeness (QED) is 0.769. The highest BCUT2D eigenvalue weighted by Gasteiger charge is 2.32. The van der Waals surface area contributed by atoms with Gasteiger partial charge in [0.15, 0.2) is 0 Å². The topological polar surface area (TPSA) is 69.8 Å². The van der Waals surface area contributed by atoms with E-state index in [0.29, 0.717) is 19.1 Å². The highest BCUT2D eigenvalue weighted by atomic mass is 32.2. The molecule has 0 radical (unpaired) electrons. The zero-order valence-electron chi connectivity index (χ0n) is 10.6. The number of carboxylic acid groups (broad SMARTS) is 1. The largest absolute Gasteiger partial charge is 0.465 e. The fourth-order valence-corrected chi connectivity index (χ4v) is 3.87. The van der Waals surface area contributed by atoms with Gasteiger partial charge >= 0.3 is 6.09 Å². The molecule has 19 heavy (non-hydrogen) atoms. The van der Waals surface area contributed by atoms with E-state index in [-0.39, 0.29) is 0 Å². The molecule has 2 aliphatic rings. The Balaban J connectivity index is 1.82. The van der Waals surface area contributed by atoms with Gasteiger partial charge in [0.25, 0.3) is 0 Å². The van der Waals surface area contributed by atoms with Crippen LogP contribution in [0.15, 0.2) is 23.1 Å². The first-order valence-electron chi connectivity index (χ1n) is 6.42. The van der Waals surface area contributed by atoms with Crippen molar-refractivity contribution in [2.75, 3.05) is 36.0 Å². The number of nitrogen functional groups attached to an aromatic ring is 1. The number of carbonyl (C=O) groups is 1. The molecule has 0 saturated carbocycles. The summed E-state index contributed by atoms with van der Waals surface area (Å²) in [6.45, 7) is 2.21. The maximum Gasteiger partial charge on any atom is 0.407 e. The summed E-state index contributed by atoms with van der Waals surface area (Å²) in [7, 11) is 0. The molecule has 1 aromatic carbocycles. The van der Waals surface area contributed by atoms with Gasteiger partial charge in [-0.2, -0.15) is 0 Å². The molecule has 3 N–H and O–H groups in total. The van der Waals surface area contributed by atoms with Crippen LogP contribution in [0.5, 0.6) is 0 Å². The Morgan fingerprint density at radius 2 is 2.26 bits per heavy atom. The van der Waals surface area contributed by atoms with E-state index in [1.54, 1.807) is 0 Å². The standard InChI is InChI=1S/C13H17N3O2S/c14-9-1-2-11-12(7-9)19-6-5-16(11)10-3-4-15(8-10)13(17)18/h1-2,7,10H,3-6,8,14H2,(H,17,18). The lowest BCUT2D eigenvalue weighted by Gasteiger charge is -2.35. The molecule has 1 unspecified atom stereocenters. The van der Waals surface area contributed by atoms with Crippen molar-refractivity contribution in [1.29, 1.82) is 0 Å². The maximum absolute atomic E-state index is 11.0. The van der Waals surface area contributed by atoms with Crippen LogP contribution in [0.25, 0.3) is 0 Å². The highest BCUT2D eigenvalue weighted by molar-refractivity contribution is 7.99. The molecule has 6 heteroatoms. The van der Waals surface area contributed by atoms with Crippen molar-refractivity contribution in [2.24, 2.45) is 0 Å². The van der Waals surface area contributed by atoms with Crippen molar-refractivity contribution >= 4 is 29.2 Å². The van der Waals surface area contributed by atoms with Gasteiger partial charge in [-0.1, -0.05) is 0 Å². The van der Waals surface area contributed by atoms with E-state index in [0.717, 1.165) is 24.4 Å².